The van der Waals surface area contributed by atoms with Gasteiger partial charge in [-0.05, 0) is 232 Å². The van der Waals surface area contributed by atoms with Crippen LogP contribution < -0.4 is 62.5 Å². The molecule has 674 valence electrons. The standard InChI is InChI=1S/C30H35ClN6O5S.C29H34ClN7O5S.C29H35ClN6O4S/c1-17(2)42-25-15-21-20(28(38)37(29(21)39)19-10-12-36(5)13-11-19)14-24(25)34-30-32-16-22(31)27(35-30)33-23-8-6-7-9-26(23)43(40,41)18(3)4;1-15(2)42-24-9-17-14-37(18-10-23(26(31)38)32-12-18)28(39)19(17)11-22(24)35-29-33-13-20(30)27(36-29)34-21-7-5-6-8-25(21)43(40,41)16(3)4;1-17(2)40-25-13-19-16-36(20-9-11-31-12-10-20)28(37)21(19)14-24(25)34-29-32-15-22(30)27(35-29)33-23-7-5-6-8-26(23)41(38,39)18(3)4/h6-9,14-19H,10-13H2,1-5H3,(H2,32,33,34,35);5-9,11,13,15-16,18,23,32H,10,12,14H2,1-4H3,(H2,31,38)(H2,33,34,35,36);5-8,13-15,17-18,20,31H,9-12,16H2,1-4H3,(H2,32,33,34,35)/t;18?,23-;/m.0./s1. The third-order valence-corrected chi connectivity index (χ3v) is 29.5. The number of rotatable bonds is 28. The number of benzene rings is 6. The van der Waals surface area contributed by atoms with Crippen LogP contribution in [0, 0.1) is 0 Å². The Labute approximate surface area is 753 Å². The number of carbonyl (C=O) groups excluding carboxylic acids is 5. The van der Waals surface area contributed by atoms with Gasteiger partial charge >= 0.3 is 0 Å². The van der Waals surface area contributed by atoms with E-state index in [1.165, 1.54) is 35.6 Å². The summed E-state index contributed by atoms with van der Waals surface area (Å²) in [5, 5.41) is 23.7. The van der Waals surface area contributed by atoms with E-state index in [2.05, 4.69) is 77.3 Å². The van der Waals surface area contributed by atoms with Gasteiger partial charge in [-0.1, -0.05) is 71.2 Å². The molecule has 39 heteroatoms. The van der Waals surface area contributed by atoms with Crippen molar-refractivity contribution in [2.24, 2.45) is 5.73 Å². The van der Waals surface area contributed by atoms with E-state index in [1.54, 1.807) is 131 Å². The lowest BCUT2D eigenvalue weighted by Crippen LogP contribution is -2.46. The first-order valence-electron chi connectivity index (χ1n) is 41.9. The van der Waals surface area contributed by atoms with Gasteiger partial charge in [-0.25, -0.2) is 40.2 Å². The van der Waals surface area contributed by atoms with Crippen LogP contribution >= 0.6 is 34.8 Å². The molecule has 3 aromatic heterocycles. The molecule has 0 bridgehead atoms. The second-order valence-corrected chi connectivity index (χ2v) is 41.8. The maximum Gasteiger partial charge on any atom is 0.261 e. The number of halogens is 3. The van der Waals surface area contributed by atoms with E-state index >= 15 is 0 Å². The number of likely N-dealkylation sites (tertiary alicyclic amines) is 1. The van der Waals surface area contributed by atoms with Crippen molar-refractivity contribution < 1.29 is 63.4 Å². The van der Waals surface area contributed by atoms with Crippen molar-refractivity contribution in [3.05, 3.63) is 176 Å². The van der Waals surface area contributed by atoms with Crippen molar-refractivity contribution >= 4 is 163 Å². The molecule has 1 unspecified atom stereocenters. The van der Waals surface area contributed by atoms with Crippen LogP contribution in [0.3, 0.4) is 0 Å². The highest BCUT2D eigenvalue weighted by Crippen LogP contribution is 2.44. The van der Waals surface area contributed by atoms with Crippen molar-refractivity contribution in [1.29, 1.82) is 0 Å². The average molecular weight is 1850 g/mol. The number of ether oxygens (including phenoxy) is 3. The molecule has 5 amide bonds. The van der Waals surface area contributed by atoms with Gasteiger partial charge in [-0.3, -0.25) is 28.9 Å². The average Bonchev–Trinajstić information content (AvgIpc) is 1.62. The molecule has 10 N–H and O–H groups in total. The Kier molecular flexibility index (Phi) is 28.9. The second-order valence-electron chi connectivity index (χ2n) is 33.2. The number of fused-ring (bicyclic) bond motifs is 3. The first-order valence-corrected chi connectivity index (χ1v) is 47.6. The van der Waals surface area contributed by atoms with Crippen LogP contribution in [0.4, 0.5) is 69.4 Å². The molecule has 0 radical (unpaired) electrons. The van der Waals surface area contributed by atoms with E-state index < -0.39 is 57.2 Å². The van der Waals surface area contributed by atoms with Crippen molar-refractivity contribution in [2.45, 2.75) is 201 Å². The number of piperidine rings is 2. The highest BCUT2D eigenvalue weighted by Gasteiger charge is 2.44. The fourth-order valence-corrected chi connectivity index (χ4v) is 19.3. The van der Waals surface area contributed by atoms with Crippen LogP contribution in [-0.4, -0.2) is 202 Å². The lowest BCUT2D eigenvalue weighted by molar-refractivity contribution is -0.119. The Hall–Kier alpha value is -11.1. The minimum atomic E-state index is -3.59. The highest BCUT2D eigenvalue weighted by molar-refractivity contribution is 7.92. The van der Waals surface area contributed by atoms with E-state index in [1.807, 2.05) is 65.6 Å². The summed E-state index contributed by atoms with van der Waals surface area (Å²) in [6.45, 7) is 25.9. The summed E-state index contributed by atoms with van der Waals surface area (Å²) in [4.78, 5) is 99.6. The van der Waals surface area contributed by atoms with Gasteiger partial charge < -0.3 is 77.2 Å². The Morgan fingerprint density at radius 2 is 0.795 bits per heavy atom. The minimum Gasteiger partial charge on any atom is -0.489 e. The predicted molar refractivity (Wildman–Crippen MR) is 490 cm³/mol. The van der Waals surface area contributed by atoms with Crippen LogP contribution in [0.1, 0.15) is 168 Å². The number of nitrogens with one attached hydrogen (secondary N) is 8. The van der Waals surface area contributed by atoms with Crippen LogP contribution in [0.25, 0.3) is 0 Å². The molecule has 3 saturated heterocycles. The number of carbonyl (C=O) groups is 5. The zero-order valence-electron chi connectivity index (χ0n) is 72.5. The summed E-state index contributed by atoms with van der Waals surface area (Å²) in [5.74, 6) is 1.28. The molecule has 9 aromatic rings. The summed E-state index contributed by atoms with van der Waals surface area (Å²) >= 11 is 19.2. The van der Waals surface area contributed by atoms with Crippen molar-refractivity contribution in [1.82, 2.24) is 60.1 Å². The summed E-state index contributed by atoms with van der Waals surface area (Å²) in [6.07, 6.45) is 7.46. The van der Waals surface area contributed by atoms with Crippen molar-refractivity contribution in [2.75, 3.05) is 71.7 Å². The zero-order valence-corrected chi connectivity index (χ0v) is 77.2. The molecule has 6 aliphatic rings. The molecule has 0 spiro atoms. The lowest BCUT2D eigenvalue weighted by atomic mass is 10.0. The number of amides is 5. The SMILES string of the molecule is CC(C)Oc1cc2c(cc1Nc1ncc(Cl)c(Nc3ccccc3S(=O)(=O)C(C)C)n1)C(=O)N(C1CCN(C)CC1)C2=O.CC(C)Oc1cc2c(cc1Nc1ncc(Cl)c(Nc3ccccc3S(=O)(=O)C(C)C)n1)C(=O)N(C1CCNCC1)C2.CC(C)Oc1cc2c(cc1Nc1ncc(Cl)c(Nc3ccccc3S(=O)(=O)C(C)C)n1)C(=O)N(C1CN[C@H](C(N)=O)C1)C2. The van der Waals surface area contributed by atoms with Gasteiger partial charge in [0.15, 0.2) is 47.0 Å². The van der Waals surface area contributed by atoms with Gasteiger partial charge in [-0.15, -0.1) is 0 Å². The number of hydrogen-bond donors (Lipinski definition) is 9. The molecule has 6 aliphatic heterocycles. The normalized spacial score (nSPS) is 16.8. The van der Waals surface area contributed by atoms with Gasteiger partial charge in [0, 0.05) is 48.9 Å². The van der Waals surface area contributed by atoms with E-state index in [0.717, 1.165) is 63.0 Å². The number of nitrogens with zero attached hydrogens (tertiary/aromatic N) is 10. The molecule has 15 rings (SSSR count). The van der Waals surface area contributed by atoms with Crippen LogP contribution in [0.5, 0.6) is 17.2 Å². The molecular weight excluding hydrogens is 1750 g/mol. The summed E-state index contributed by atoms with van der Waals surface area (Å²) < 4.78 is 95.9. The van der Waals surface area contributed by atoms with Gasteiger partial charge in [-0.2, -0.15) is 15.0 Å². The van der Waals surface area contributed by atoms with Crippen LogP contribution in [-0.2, 0) is 47.4 Å². The molecule has 2 atom stereocenters. The van der Waals surface area contributed by atoms with Gasteiger partial charge in [0.25, 0.3) is 23.6 Å². The first kappa shape index (κ1) is 93.5. The third-order valence-electron chi connectivity index (χ3n) is 22.0. The summed E-state index contributed by atoms with van der Waals surface area (Å²) in [5.41, 5.74) is 11.3. The molecule has 33 nitrogen and oxygen atoms in total. The topological polar surface area (TPSA) is 428 Å². The number of imide groups is 1. The van der Waals surface area contributed by atoms with Crippen molar-refractivity contribution in [3.63, 3.8) is 0 Å². The molecular formula is C88H104Cl3N19O14S3. The smallest absolute Gasteiger partial charge is 0.261 e. The van der Waals surface area contributed by atoms with Gasteiger partial charge in [0.05, 0.1) is 119 Å². The summed E-state index contributed by atoms with van der Waals surface area (Å²) in [7, 11) is -8.72. The highest BCUT2D eigenvalue weighted by atomic mass is 35.5. The zero-order chi connectivity index (χ0) is 91.4. The third kappa shape index (κ3) is 21.0. The molecule has 127 heavy (non-hydrogen) atoms. The summed E-state index contributed by atoms with van der Waals surface area (Å²) in [6, 6.07) is 29.5. The number of primary amides is 1. The number of hydrogen-bond acceptors (Lipinski definition) is 29. The fourth-order valence-electron chi connectivity index (χ4n) is 15.3. The molecule has 9 heterocycles. The maximum atomic E-state index is 13.5. The largest absolute Gasteiger partial charge is 0.489 e. The van der Waals surface area contributed by atoms with E-state index in [0.29, 0.717) is 94.1 Å². The second kappa shape index (κ2) is 39.2. The molecule has 0 saturated carbocycles. The monoisotopic (exact) mass is 1850 g/mol. The van der Waals surface area contributed by atoms with Gasteiger partial charge in [0.1, 0.15) is 32.3 Å². The number of nitrogens with two attached hydrogens (primary N) is 1. The molecule has 3 fully saturated rings. The van der Waals surface area contributed by atoms with E-state index in [-0.39, 0.29) is 131 Å². The van der Waals surface area contributed by atoms with Crippen LogP contribution in [0.2, 0.25) is 15.1 Å². The Balaban J connectivity index is 0.000000163. The fraction of sp³-hybridized carbons (Fsp3) is 0.398. The number of aromatic nitrogens is 6. The predicted octanol–water partition coefficient (Wildman–Crippen LogP) is 14.3. The van der Waals surface area contributed by atoms with Crippen LogP contribution in [0.15, 0.2) is 142 Å². The van der Waals surface area contributed by atoms with Gasteiger partial charge in [0.2, 0.25) is 23.8 Å². The number of sulfone groups is 3. The van der Waals surface area contributed by atoms with E-state index in [4.69, 9.17) is 54.7 Å². The Morgan fingerprint density at radius 1 is 0.449 bits per heavy atom. The lowest BCUT2D eigenvalue weighted by Gasteiger charge is -2.33. The molecule has 0 aliphatic carbocycles. The maximum absolute atomic E-state index is 13.5. The minimum absolute atomic E-state index is 0.00777. The molecule has 6 aromatic carbocycles. The number of para-hydroxylation sites is 3. The first-order chi connectivity index (χ1) is 60.2. The van der Waals surface area contributed by atoms with E-state index in [9.17, 15) is 49.2 Å². The Bertz CT molecular complexity index is 6060. The number of anilines is 12. The quantitative estimate of drug-likeness (QED) is 0.0206. The van der Waals surface area contributed by atoms with Crippen molar-refractivity contribution in [3.8, 4) is 17.2 Å². The Morgan fingerprint density at radius 3 is 1.15 bits per heavy atom.